The number of anilines is 1. The molecular formula is C23H32FN5O4. The number of benzene rings is 1. The van der Waals surface area contributed by atoms with Gasteiger partial charge in [-0.05, 0) is 29.5 Å². The summed E-state index contributed by atoms with van der Waals surface area (Å²) < 4.78 is 22.7. The number of carbonyl (C=O) groups excluding carboxylic acids is 3. The second-order valence-electron chi connectivity index (χ2n) is 9.44. The Bertz CT molecular complexity index is 1100. The predicted molar refractivity (Wildman–Crippen MR) is 121 cm³/mol. The van der Waals surface area contributed by atoms with Crippen molar-refractivity contribution in [3.8, 4) is 0 Å². The molecule has 0 bridgehead atoms. The van der Waals surface area contributed by atoms with Crippen molar-refractivity contribution in [2.45, 2.75) is 53.8 Å². The normalized spacial score (nSPS) is 13.2. The van der Waals surface area contributed by atoms with E-state index >= 15 is 0 Å². The lowest BCUT2D eigenvalue weighted by Crippen LogP contribution is -2.38. The largest absolute Gasteiger partial charge is 0.443 e. The molecule has 1 heterocycles. The first-order valence-electron chi connectivity index (χ1n) is 10.6. The molecule has 1 atom stereocenters. The number of imidazole rings is 1. The molecule has 9 nitrogen and oxygen atoms in total. The summed E-state index contributed by atoms with van der Waals surface area (Å²) in [5, 5.41) is 2.52. The Kier molecular flexibility index (Phi) is 8.32. The molecule has 0 spiro atoms. The highest BCUT2D eigenvalue weighted by atomic mass is 19.1. The van der Waals surface area contributed by atoms with Gasteiger partial charge in [0.25, 0.3) is 5.91 Å². The number of nitrogens with two attached hydrogens (primary N) is 1. The molecule has 2 aromatic rings. The van der Waals surface area contributed by atoms with E-state index in [1.54, 1.807) is 37.9 Å². The molecule has 0 fully saturated rings. The van der Waals surface area contributed by atoms with Crippen LogP contribution >= 0.6 is 0 Å². The van der Waals surface area contributed by atoms with Gasteiger partial charge in [0, 0.05) is 31.4 Å². The molecule has 1 aromatic heterocycles. The summed E-state index contributed by atoms with van der Waals surface area (Å²) in [7, 11) is 1.67. The molecule has 0 aliphatic carbocycles. The number of ether oxygens (including phenoxy) is 1. The lowest BCUT2D eigenvalue weighted by Gasteiger charge is -2.17. The number of aryl methyl sites for hydroxylation is 1. The van der Waals surface area contributed by atoms with Crippen LogP contribution in [0.15, 0.2) is 35.6 Å². The van der Waals surface area contributed by atoms with Gasteiger partial charge in [-0.2, -0.15) is 4.99 Å². The number of nitrogens with one attached hydrogen (secondary N) is 1. The summed E-state index contributed by atoms with van der Waals surface area (Å²) in [5.74, 6) is -2.40. The molecule has 33 heavy (non-hydrogen) atoms. The quantitative estimate of drug-likeness (QED) is 0.614. The second kappa shape index (κ2) is 10.6. The third-order valence-electron chi connectivity index (χ3n) is 4.76. The van der Waals surface area contributed by atoms with Crippen LogP contribution in [0.1, 0.15) is 51.4 Å². The van der Waals surface area contributed by atoms with E-state index in [-0.39, 0.29) is 47.3 Å². The van der Waals surface area contributed by atoms with Gasteiger partial charge in [0.15, 0.2) is 6.73 Å². The average molecular weight is 462 g/mol. The maximum atomic E-state index is 14.5. The summed E-state index contributed by atoms with van der Waals surface area (Å²) in [5.41, 5.74) is 5.74. The zero-order chi connectivity index (χ0) is 24.9. The molecule has 1 unspecified atom stereocenters. The van der Waals surface area contributed by atoms with Crippen molar-refractivity contribution in [2.24, 2.45) is 29.1 Å². The van der Waals surface area contributed by atoms with Crippen LogP contribution in [0.3, 0.4) is 0 Å². The Morgan fingerprint density at radius 2 is 1.88 bits per heavy atom. The van der Waals surface area contributed by atoms with Crippen molar-refractivity contribution in [2.75, 3.05) is 5.32 Å². The molecule has 0 aliphatic rings. The first-order valence-corrected chi connectivity index (χ1v) is 10.6. The first-order chi connectivity index (χ1) is 15.3. The Labute approximate surface area is 192 Å². The fourth-order valence-corrected chi connectivity index (χ4v) is 2.84. The smallest absolute Gasteiger partial charge is 0.324 e. The number of esters is 1. The van der Waals surface area contributed by atoms with Crippen molar-refractivity contribution >= 4 is 23.5 Å². The van der Waals surface area contributed by atoms with Gasteiger partial charge in [0.2, 0.25) is 11.5 Å². The summed E-state index contributed by atoms with van der Waals surface area (Å²) in [4.78, 5) is 40.8. The molecule has 180 valence electrons. The topological polar surface area (TPSA) is 121 Å². The van der Waals surface area contributed by atoms with Gasteiger partial charge < -0.3 is 20.4 Å². The molecule has 10 heteroatoms. The highest BCUT2D eigenvalue weighted by molar-refractivity contribution is 5.96. The lowest BCUT2D eigenvalue weighted by molar-refractivity contribution is -0.150. The van der Waals surface area contributed by atoms with E-state index in [1.807, 2.05) is 20.8 Å². The van der Waals surface area contributed by atoms with Gasteiger partial charge in [0.1, 0.15) is 11.9 Å². The van der Waals surface area contributed by atoms with Gasteiger partial charge in [-0.15, -0.1) is 0 Å². The standard InChI is InChI=1S/C23H32FN5O4/c1-14(2)19(25)21(32)33-13-29-10-9-28(6)22(29)27-20(31)15-7-8-17(16(24)11-15)26-18(30)12-23(3,4)5/h7-11,14,19H,12-13,25H2,1-6H3,(H,26,30). The molecule has 0 saturated heterocycles. The first kappa shape index (κ1) is 26.0. The van der Waals surface area contributed by atoms with Crippen molar-refractivity contribution in [1.29, 1.82) is 0 Å². The average Bonchev–Trinajstić information content (AvgIpc) is 3.04. The van der Waals surface area contributed by atoms with Crippen LogP contribution in [-0.2, 0) is 28.1 Å². The van der Waals surface area contributed by atoms with E-state index in [0.717, 1.165) is 6.07 Å². The summed E-state index contributed by atoms with van der Waals surface area (Å²) in [6, 6.07) is 2.97. The van der Waals surface area contributed by atoms with Crippen molar-refractivity contribution in [3.63, 3.8) is 0 Å². The fourth-order valence-electron chi connectivity index (χ4n) is 2.84. The molecular weight excluding hydrogens is 429 g/mol. The van der Waals surface area contributed by atoms with E-state index in [0.29, 0.717) is 0 Å². The molecule has 3 N–H and O–H groups in total. The van der Waals surface area contributed by atoms with E-state index in [1.165, 1.54) is 16.7 Å². The monoisotopic (exact) mass is 461 g/mol. The third-order valence-corrected chi connectivity index (χ3v) is 4.76. The van der Waals surface area contributed by atoms with Crippen molar-refractivity contribution in [3.05, 3.63) is 47.6 Å². The Morgan fingerprint density at radius 1 is 1.21 bits per heavy atom. The molecule has 2 amide bonds. The molecule has 0 aliphatic heterocycles. The van der Waals surface area contributed by atoms with Crippen molar-refractivity contribution in [1.82, 2.24) is 9.13 Å². The van der Waals surface area contributed by atoms with Gasteiger partial charge in [-0.25, -0.2) is 4.39 Å². The van der Waals surface area contributed by atoms with Crippen LogP contribution in [0.5, 0.6) is 0 Å². The van der Waals surface area contributed by atoms with Gasteiger partial charge in [0.05, 0.1) is 5.69 Å². The summed E-state index contributed by atoms with van der Waals surface area (Å²) >= 11 is 0. The minimum absolute atomic E-state index is 0.00731. The van der Waals surface area contributed by atoms with E-state index < -0.39 is 23.7 Å². The highest BCUT2D eigenvalue weighted by Crippen LogP contribution is 2.21. The van der Waals surface area contributed by atoms with Crippen LogP contribution in [0.2, 0.25) is 0 Å². The number of halogens is 1. The van der Waals surface area contributed by atoms with Gasteiger partial charge >= 0.3 is 5.97 Å². The summed E-state index contributed by atoms with van der Waals surface area (Å²) in [6.45, 7) is 9.15. The van der Waals surface area contributed by atoms with E-state index in [4.69, 9.17) is 10.5 Å². The van der Waals surface area contributed by atoms with Crippen LogP contribution in [0.4, 0.5) is 10.1 Å². The van der Waals surface area contributed by atoms with E-state index in [2.05, 4.69) is 10.3 Å². The van der Waals surface area contributed by atoms with Crippen LogP contribution < -0.4 is 16.7 Å². The number of nitrogens with zero attached hydrogens (tertiary/aromatic N) is 3. The Hall–Kier alpha value is -3.27. The number of aromatic nitrogens is 2. The van der Waals surface area contributed by atoms with Crippen LogP contribution in [0.25, 0.3) is 0 Å². The number of hydrogen-bond acceptors (Lipinski definition) is 5. The summed E-state index contributed by atoms with van der Waals surface area (Å²) in [6.07, 6.45) is 3.45. The molecule has 2 rings (SSSR count). The molecule has 1 aromatic carbocycles. The third kappa shape index (κ3) is 7.38. The minimum Gasteiger partial charge on any atom is -0.443 e. The predicted octanol–water partition coefficient (Wildman–Crippen LogP) is 2.57. The minimum atomic E-state index is -0.762. The number of rotatable bonds is 7. The SMILES string of the molecule is CC(C)C(N)C(=O)OCn1ccn(C)c1=NC(=O)c1ccc(NC(=O)CC(C)(C)C)c(F)c1. The van der Waals surface area contributed by atoms with Crippen molar-refractivity contribution < 1.29 is 23.5 Å². The van der Waals surface area contributed by atoms with Gasteiger partial charge in [-0.1, -0.05) is 34.6 Å². The van der Waals surface area contributed by atoms with Crippen LogP contribution in [0, 0.1) is 17.2 Å². The lowest BCUT2D eigenvalue weighted by atomic mass is 9.92. The molecule has 0 radical (unpaired) electrons. The van der Waals surface area contributed by atoms with Crippen LogP contribution in [-0.4, -0.2) is 33.0 Å². The highest BCUT2D eigenvalue weighted by Gasteiger charge is 2.20. The molecule has 0 saturated carbocycles. The number of amides is 2. The van der Waals surface area contributed by atoms with E-state index in [9.17, 15) is 18.8 Å². The van der Waals surface area contributed by atoms with Gasteiger partial charge in [-0.3, -0.25) is 19.0 Å². The Balaban J connectivity index is 2.18. The fraction of sp³-hybridized carbons (Fsp3) is 0.478. The Morgan fingerprint density at radius 3 is 2.45 bits per heavy atom. The number of hydrogen-bond donors (Lipinski definition) is 2. The zero-order valence-electron chi connectivity index (χ0n) is 19.9. The number of carbonyl (C=O) groups is 3. The second-order valence-corrected chi connectivity index (χ2v) is 9.44. The maximum Gasteiger partial charge on any atom is 0.324 e. The maximum absolute atomic E-state index is 14.5. The zero-order valence-corrected chi connectivity index (χ0v) is 19.9.